The van der Waals surface area contributed by atoms with Crippen LogP contribution in [0.3, 0.4) is 0 Å². The van der Waals surface area contributed by atoms with Gasteiger partial charge in [0.1, 0.15) is 17.5 Å². The van der Waals surface area contributed by atoms with Crippen molar-refractivity contribution in [3.8, 4) is 5.75 Å². The summed E-state index contributed by atoms with van der Waals surface area (Å²) in [7, 11) is 2.12. The highest BCUT2D eigenvalue weighted by Gasteiger charge is 2.26. The molecule has 0 atom stereocenters. The molecule has 152 valence electrons. The lowest BCUT2D eigenvalue weighted by atomic mass is 10.0. The topological polar surface area (TPSA) is 45.7 Å². The molecule has 0 spiro atoms. The van der Waals surface area contributed by atoms with Crippen LogP contribution in [0.4, 0.5) is 0 Å². The summed E-state index contributed by atoms with van der Waals surface area (Å²) in [6, 6.07) is 13.9. The van der Waals surface area contributed by atoms with Crippen LogP contribution in [0.2, 0.25) is 0 Å². The first kappa shape index (κ1) is 19.6. The SMILES string of the molecule is Cc1ccccc1OC1CCN(C(=O)c2cccc(C3=CCN(C)CC3)n2)CC1. The molecule has 5 nitrogen and oxygen atoms in total. The second kappa shape index (κ2) is 8.78. The molecule has 1 fully saturated rings. The normalized spacial score (nSPS) is 18.4. The van der Waals surface area contributed by atoms with E-state index >= 15 is 0 Å². The van der Waals surface area contributed by atoms with Crippen molar-refractivity contribution in [1.29, 1.82) is 0 Å². The number of hydrogen-bond acceptors (Lipinski definition) is 4. The number of pyridine rings is 1. The summed E-state index contributed by atoms with van der Waals surface area (Å²) in [6.45, 7) is 5.43. The van der Waals surface area contributed by atoms with Crippen molar-refractivity contribution < 1.29 is 9.53 Å². The third kappa shape index (κ3) is 4.67. The molecule has 29 heavy (non-hydrogen) atoms. The van der Waals surface area contributed by atoms with Gasteiger partial charge < -0.3 is 14.5 Å². The Bertz CT molecular complexity index is 901. The summed E-state index contributed by atoms with van der Waals surface area (Å²) in [6.07, 6.45) is 5.04. The number of likely N-dealkylation sites (tertiary alicyclic amines) is 1. The lowest BCUT2D eigenvalue weighted by Gasteiger charge is -2.32. The summed E-state index contributed by atoms with van der Waals surface area (Å²) in [5.41, 5.74) is 3.86. The molecule has 0 N–H and O–H groups in total. The predicted molar refractivity (Wildman–Crippen MR) is 115 cm³/mol. The average molecular weight is 392 g/mol. The third-order valence-electron chi connectivity index (χ3n) is 5.83. The number of amides is 1. The van der Waals surface area contributed by atoms with Crippen LogP contribution in [0.1, 0.15) is 41.0 Å². The van der Waals surface area contributed by atoms with Gasteiger partial charge in [0, 0.05) is 39.0 Å². The van der Waals surface area contributed by atoms with Gasteiger partial charge in [-0.1, -0.05) is 30.3 Å². The molecule has 4 rings (SSSR count). The zero-order valence-electron chi connectivity index (χ0n) is 17.3. The zero-order valence-corrected chi connectivity index (χ0v) is 17.3. The van der Waals surface area contributed by atoms with E-state index in [1.54, 1.807) is 0 Å². The van der Waals surface area contributed by atoms with E-state index in [9.17, 15) is 4.79 Å². The fourth-order valence-electron chi connectivity index (χ4n) is 3.94. The number of carbonyl (C=O) groups excluding carboxylic acids is 1. The lowest BCUT2D eigenvalue weighted by Crippen LogP contribution is -2.42. The highest BCUT2D eigenvalue weighted by atomic mass is 16.5. The van der Waals surface area contributed by atoms with Crippen molar-refractivity contribution in [2.75, 3.05) is 33.2 Å². The molecular weight excluding hydrogens is 362 g/mol. The predicted octanol–water partition coefficient (Wildman–Crippen LogP) is 3.79. The number of likely N-dealkylation sites (N-methyl/N-ethyl adjacent to an activating group) is 1. The van der Waals surface area contributed by atoms with E-state index in [0.717, 1.165) is 49.4 Å². The van der Waals surface area contributed by atoms with Gasteiger partial charge in [-0.3, -0.25) is 4.79 Å². The molecule has 5 heteroatoms. The molecule has 0 unspecified atom stereocenters. The second-order valence-electron chi connectivity index (χ2n) is 8.02. The molecule has 0 bridgehead atoms. The van der Waals surface area contributed by atoms with Crippen molar-refractivity contribution in [1.82, 2.24) is 14.8 Å². The van der Waals surface area contributed by atoms with E-state index < -0.39 is 0 Å². The van der Waals surface area contributed by atoms with E-state index in [1.165, 1.54) is 5.57 Å². The number of nitrogens with zero attached hydrogens (tertiary/aromatic N) is 3. The molecule has 0 saturated carbocycles. The third-order valence-corrected chi connectivity index (χ3v) is 5.83. The van der Waals surface area contributed by atoms with E-state index in [-0.39, 0.29) is 12.0 Å². The minimum Gasteiger partial charge on any atom is -0.490 e. The number of piperidine rings is 1. The summed E-state index contributed by atoms with van der Waals surface area (Å²) < 4.78 is 6.16. The molecule has 1 amide bonds. The molecule has 1 aromatic heterocycles. The van der Waals surface area contributed by atoms with E-state index in [0.29, 0.717) is 18.8 Å². The van der Waals surface area contributed by atoms with Gasteiger partial charge in [-0.05, 0) is 49.7 Å². The first-order chi connectivity index (χ1) is 14.1. The Morgan fingerprint density at radius 3 is 2.59 bits per heavy atom. The van der Waals surface area contributed by atoms with Crippen molar-refractivity contribution in [2.45, 2.75) is 32.3 Å². The maximum Gasteiger partial charge on any atom is 0.272 e. The molecule has 2 aliphatic heterocycles. The van der Waals surface area contributed by atoms with Crippen molar-refractivity contribution in [3.05, 3.63) is 65.5 Å². The average Bonchev–Trinajstić information content (AvgIpc) is 2.76. The van der Waals surface area contributed by atoms with Crippen LogP contribution < -0.4 is 4.74 Å². The number of aromatic nitrogens is 1. The van der Waals surface area contributed by atoms with Gasteiger partial charge in [0.2, 0.25) is 0 Å². The van der Waals surface area contributed by atoms with Crippen LogP contribution in [-0.4, -0.2) is 60.0 Å². The number of para-hydroxylation sites is 1. The molecule has 2 aliphatic rings. The highest BCUT2D eigenvalue weighted by Crippen LogP contribution is 2.24. The van der Waals surface area contributed by atoms with Gasteiger partial charge in [-0.25, -0.2) is 4.98 Å². The summed E-state index contributed by atoms with van der Waals surface area (Å²) in [4.78, 5) is 21.9. The first-order valence-corrected chi connectivity index (χ1v) is 10.5. The Hall–Kier alpha value is -2.66. The minimum atomic E-state index is 0.0229. The number of ether oxygens (including phenoxy) is 1. The molecule has 1 aromatic carbocycles. The molecule has 0 radical (unpaired) electrons. The standard InChI is InChI=1S/C24H29N3O2/c1-18-6-3-4-9-23(18)29-20-12-16-27(17-13-20)24(28)22-8-5-7-21(25-22)19-10-14-26(2)15-11-19/h3-10,20H,11-17H2,1-2H3. The van der Waals surface area contributed by atoms with Gasteiger partial charge in [0.15, 0.2) is 0 Å². The maximum atomic E-state index is 13.0. The maximum absolute atomic E-state index is 13.0. The Labute approximate surface area is 173 Å². The lowest BCUT2D eigenvalue weighted by molar-refractivity contribution is 0.0589. The Balaban J connectivity index is 1.37. The second-order valence-corrected chi connectivity index (χ2v) is 8.02. The first-order valence-electron chi connectivity index (χ1n) is 10.5. The summed E-state index contributed by atoms with van der Waals surface area (Å²) in [5.74, 6) is 0.966. The van der Waals surface area contributed by atoms with E-state index in [4.69, 9.17) is 4.74 Å². The van der Waals surface area contributed by atoms with E-state index in [1.807, 2.05) is 41.3 Å². The van der Waals surface area contributed by atoms with Crippen LogP contribution >= 0.6 is 0 Å². The van der Waals surface area contributed by atoms with Crippen LogP contribution in [0.25, 0.3) is 5.57 Å². The van der Waals surface area contributed by atoms with Gasteiger partial charge in [-0.2, -0.15) is 0 Å². The van der Waals surface area contributed by atoms with Crippen molar-refractivity contribution in [3.63, 3.8) is 0 Å². The van der Waals surface area contributed by atoms with Gasteiger partial charge in [0.05, 0.1) is 5.69 Å². The van der Waals surface area contributed by atoms with E-state index in [2.05, 4.69) is 36.0 Å². The monoisotopic (exact) mass is 391 g/mol. The number of carbonyl (C=O) groups is 1. The number of hydrogen-bond donors (Lipinski definition) is 0. The molecular formula is C24H29N3O2. The smallest absolute Gasteiger partial charge is 0.272 e. The number of benzene rings is 1. The molecule has 3 heterocycles. The van der Waals surface area contributed by atoms with Gasteiger partial charge >= 0.3 is 0 Å². The largest absolute Gasteiger partial charge is 0.490 e. The number of aryl methyl sites for hydroxylation is 1. The van der Waals surface area contributed by atoms with Crippen LogP contribution in [-0.2, 0) is 0 Å². The summed E-state index contributed by atoms with van der Waals surface area (Å²) >= 11 is 0. The van der Waals surface area contributed by atoms with Crippen molar-refractivity contribution in [2.24, 2.45) is 0 Å². The quantitative estimate of drug-likeness (QED) is 0.795. The van der Waals surface area contributed by atoms with Crippen LogP contribution in [0.5, 0.6) is 5.75 Å². The number of rotatable bonds is 4. The van der Waals surface area contributed by atoms with Crippen molar-refractivity contribution >= 4 is 11.5 Å². The fraction of sp³-hybridized carbons (Fsp3) is 0.417. The zero-order chi connectivity index (χ0) is 20.2. The van der Waals surface area contributed by atoms with Gasteiger partial charge in [-0.15, -0.1) is 0 Å². The fourth-order valence-corrected chi connectivity index (χ4v) is 3.94. The van der Waals surface area contributed by atoms with Crippen LogP contribution in [0.15, 0.2) is 48.5 Å². The Morgan fingerprint density at radius 2 is 1.86 bits per heavy atom. The van der Waals surface area contributed by atoms with Crippen LogP contribution in [0, 0.1) is 6.92 Å². The summed E-state index contributed by atoms with van der Waals surface area (Å²) in [5, 5.41) is 0. The highest BCUT2D eigenvalue weighted by molar-refractivity contribution is 5.92. The van der Waals surface area contributed by atoms with Gasteiger partial charge in [0.25, 0.3) is 5.91 Å². The molecule has 2 aromatic rings. The molecule has 0 aliphatic carbocycles. The Kier molecular flexibility index (Phi) is 5.95. The Morgan fingerprint density at radius 1 is 1.07 bits per heavy atom. The molecule has 1 saturated heterocycles. The minimum absolute atomic E-state index is 0.0229.